The second-order valence-corrected chi connectivity index (χ2v) is 5.35. The number of hydrogen-bond donors (Lipinski definition) is 1. The van der Waals surface area contributed by atoms with E-state index in [9.17, 15) is 0 Å². The highest BCUT2D eigenvalue weighted by Gasteiger charge is 2.19. The minimum atomic E-state index is 0.544. The summed E-state index contributed by atoms with van der Waals surface area (Å²) < 4.78 is 0. The molecule has 6 nitrogen and oxygen atoms in total. The first kappa shape index (κ1) is 13.1. The summed E-state index contributed by atoms with van der Waals surface area (Å²) in [5, 5.41) is 8.43. The summed E-state index contributed by atoms with van der Waals surface area (Å²) in [5.74, 6) is 0.693. The number of nitrogens with zero attached hydrogens (tertiary/aromatic N) is 5. The smallest absolute Gasteiger partial charge is 0.246 e. The Balaban J connectivity index is 1.71. The lowest BCUT2D eigenvalue weighted by Gasteiger charge is -2.34. The topological polar surface area (TPSA) is 71.2 Å². The molecule has 7 heteroatoms. The molecule has 1 fully saturated rings. The van der Waals surface area contributed by atoms with E-state index in [2.05, 4.69) is 25.0 Å². The number of thiocarbonyl (C=S) groups is 1. The van der Waals surface area contributed by atoms with Gasteiger partial charge in [-0.05, 0) is 12.1 Å². The molecule has 0 saturated carbocycles. The number of rotatable bonds is 3. The third kappa shape index (κ3) is 2.83. The molecular weight excluding hydrogens is 272 g/mol. The number of anilines is 1. The van der Waals surface area contributed by atoms with Crippen LogP contribution in [0.3, 0.4) is 0 Å². The molecular formula is C13H16N6S. The second-order valence-electron chi connectivity index (χ2n) is 4.83. The van der Waals surface area contributed by atoms with Crippen LogP contribution < -0.4 is 10.6 Å². The molecule has 0 aliphatic carbocycles. The molecule has 2 N–H and O–H groups in total. The molecule has 1 aromatic heterocycles. The zero-order chi connectivity index (χ0) is 13.9. The lowest BCUT2D eigenvalue weighted by Crippen LogP contribution is -2.49. The Morgan fingerprint density at radius 1 is 1.10 bits per heavy atom. The van der Waals surface area contributed by atoms with Crippen LogP contribution in [0.5, 0.6) is 0 Å². The maximum Gasteiger partial charge on any atom is 0.246 e. The van der Waals surface area contributed by atoms with Crippen LogP contribution in [-0.2, 0) is 0 Å². The van der Waals surface area contributed by atoms with Crippen molar-refractivity contribution >= 4 is 34.2 Å². The van der Waals surface area contributed by atoms with Crippen LogP contribution in [0.25, 0.3) is 11.0 Å². The first-order valence-electron chi connectivity index (χ1n) is 6.57. The van der Waals surface area contributed by atoms with E-state index in [1.807, 2.05) is 24.3 Å². The summed E-state index contributed by atoms with van der Waals surface area (Å²) in [7, 11) is 0. The predicted octanol–water partition coefficient (Wildman–Crippen LogP) is 0.433. The van der Waals surface area contributed by atoms with Crippen LogP contribution in [0.1, 0.15) is 0 Å². The van der Waals surface area contributed by atoms with Gasteiger partial charge in [-0.3, -0.25) is 4.90 Å². The van der Waals surface area contributed by atoms with E-state index in [0.717, 1.165) is 37.2 Å². The molecule has 0 atom stereocenters. The summed E-state index contributed by atoms with van der Waals surface area (Å²) in [5.41, 5.74) is 7.27. The first-order valence-corrected chi connectivity index (χ1v) is 6.98. The normalized spacial score (nSPS) is 16.5. The minimum Gasteiger partial charge on any atom is -0.392 e. The minimum absolute atomic E-state index is 0.544. The number of aromatic nitrogens is 3. The summed E-state index contributed by atoms with van der Waals surface area (Å²) >= 11 is 4.94. The van der Waals surface area contributed by atoms with Crippen LogP contribution in [0.4, 0.5) is 5.95 Å². The zero-order valence-electron chi connectivity index (χ0n) is 11.1. The highest BCUT2D eigenvalue weighted by Crippen LogP contribution is 2.14. The van der Waals surface area contributed by atoms with Crippen LogP contribution in [0.2, 0.25) is 0 Å². The molecule has 0 unspecified atom stereocenters. The van der Waals surface area contributed by atoms with E-state index in [1.165, 1.54) is 0 Å². The van der Waals surface area contributed by atoms with Gasteiger partial charge in [-0.2, -0.15) is 0 Å². The van der Waals surface area contributed by atoms with Gasteiger partial charge in [0.1, 0.15) is 5.52 Å². The standard InChI is InChI=1S/C13H16N6S/c14-12(20)9-18-5-7-19(8-6-18)13-15-10-3-1-2-4-11(10)16-17-13/h1-4H,5-9H2,(H2,14,20). The summed E-state index contributed by atoms with van der Waals surface area (Å²) in [6.07, 6.45) is 0. The lowest BCUT2D eigenvalue weighted by atomic mass is 10.3. The van der Waals surface area contributed by atoms with E-state index < -0.39 is 0 Å². The van der Waals surface area contributed by atoms with Gasteiger partial charge in [0, 0.05) is 32.7 Å². The Morgan fingerprint density at radius 3 is 2.50 bits per heavy atom. The summed E-state index contributed by atoms with van der Waals surface area (Å²) in [6.45, 7) is 4.23. The molecule has 104 valence electrons. The van der Waals surface area contributed by atoms with Crippen molar-refractivity contribution in [3.63, 3.8) is 0 Å². The number of benzene rings is 1. The number of para-hydroxylation sites is 1. The summed E-state index contributed by atoms with van der Waals surface area (Å²) in [6, 6.07) is 7.77. The highest BCUT2D eigenvalue weighted by molar-refractivity contribution is 7.80. The van der Waals surface area contributed by atoms with Crippen LogP contribution >= 0.6 is 12.2 Å². The molecule has 0 amide bonds. The Kier molecular flexibility index (Phi) is 3.70. The van der Waals surface area contributed by atoms with Gasteiger partial charge < -0.3 is 10.6 Å². The fourth-order valence-corrected chi connectivity index (χ4v) is 2.51. The molecule has 3 rings (SSSR count). The van der Waals surface area contributed by atoms with Gasteiger partial charge in [-0.25, -0.2) is 4.98 Å². The van der Waals surface area contributed by atoms with Gasteiger partial charge in [-0.1, -0.05) is 24.4 Å². The number of piperazine rings is 1. The fraction of sp³-hybridized carbons (Fsp3) is 0.385. The van der Waals surface area contributed by atoms with Crippen molar-refractivity contribution < 1.29 is 0 Å². The second kappa shape index (κ2) is 5.64. The highest BCUT2D eigenvalue weighted by atomic mass is 32.1. The van der Waals surface area contributed by atoms with Crippen molar-refractivity contribution in [3.05, 3.63) is 24.3 Å². The molecule has 0 bridgehead atoms. The molecule has 1 aliphatic heterocycles. The maximum absolute atomic E-state index is 5.57. The molecule has 1 aromatic carbocycles. The van der Waals surface area contributed by atoms with Crippen molar-refractivity contribution in [2.24, 2.45) is 5.73 Å². The molecule has 20 heavy (non-hydrogen) atoms. The number of fused-ring (bicyclic) bond motifs is 1. The third-order valence-corrected chi connectivity index (χ3v) is 3.51. The zero-order valence-corrected chi connectivity index (χ0v) is 11.9. The maximum atomic E-state index is 5.57. The number of hydrogen-bond acceptors (Lipinski definition) is 6. The van der Waals surface area contributed by atoms with E-state index in [1.54, 1.807) is 0 Å². The Morgan fingerprint density at radius 2 is 1.80 bits per heavy atom. The molecule has 0 spiro atoms. The van der Waals surface area contributed by atoms with Crippen LogP contribution in [-0.4, -0.2) is 57.8 Å². The molecule has 2 heterocycles. The Labute approximate surface area is 122 Å². The molecule has 1 saturated heterocycles. The van der Waals surface area contributed by atoms with Gasteiger partial charge in [0.25, 0.3) is 0 Å². The SMILES string of the molecule is NC(=S)CN1CCN(c2nnc3ccccc3n2)CC1. The van der Waals surface area contributed by atoms with Crippen molar-refractivity contribution in [3.8, 4) is 0 Å². The molecule has 1 aliphatic rings. The Bertz CT molecular complexity index is 623. The fourth-order valence-electron chi connectivity index (χ4n) is 2.33. The van der Waals surface area contributed by atoms with E-state index in [-0.39, 0.29) is 0 Å². The monoisotopic (exact) mass is 288 g/mol. The summed E-state index contributed by atoms with van der Waals surface area (Å²) in [4.78, 5) is 9.50. The van der Waals surface area contributed by atoms with Crippen LogP contribution in [0, 0.1) is 0 Å². The van der Waals surface area contributed by atoms with E-state index in [0.29, 0.717) is 17.5 Å². The van der Waals surface area contributed by atoms with Gasteiger partial charge >= 0.3 is 0 Å². The molecule has 0 radical (unpaired) electrons. The van der Waals surface area contributed by atoms with Crippen LogP contribution in [0.15, 0.2) is 24.3 Å². The van der Waals surface area contributed by atoms with Crippen molar-refractivity contribution in [2.75, 3.05) is 37.6 Å². The predicted molar refractivity (Wildman–Crippen MR) is 82.8 cm³/mol. The average molecular weight is 288 g/mol. The first-order chi connectivity index (χ1) is 9.72. The quantitative estimate of drug-likeness (QED) is 0.821. The Hall–Kier alpha value is -1.86. The van der Waals surface area contributed by atoms with Crippen molar-refractivity contribution in [1.82, 2.24) is 20.1 Å². The van der Waals surface area contributed by atoms with Crippen molar-refractivity contribution in [2.45, 2.75) is 0 Å². The van der Waals surface area contributed by atoms with E-state index >= 15 is 0 Å². The lowest BCUT2D eigenvalue weighted by molar-refractivity contribution is 0.290. The van der Waals surface area contributed by atoms with Gasteiger partial charge in [-0.15, -0.1) is 10.2 Å². The number of nitrogens with two attached hydrogens (primary N) is 1. The average Bonchev–Trinajstić information content (AvgIpc) is 2.47. The van der Waals surface area contributed by atoms with Gasteiger partial charge in [0.15, 0.2) is 0 Å². The van der Waals surface area contributed by atoms with Gasteiger partial charge in [0.2, 0.25) is 5.95 Å². The van der Waals surface area contributed by atoms with Gasteiger partial charge in [0.05, 0.1) is 10.5 Å². The van der Waals surface area contributed by atoms with Crippen molar-refractivity contribution in [1.29, 1.82) is 0 Å². The molecule has 2 aromatic rings. The van der Waals surface area contributed by atoms with E-state index in [4.69, 9.17) is 18.0 Å². The third-order valence-electron chi connectivity index (χ3n) is 3.38. The largest absolute Gasteiger partial charge is 0.392 e.